The molecule has 0 radical (unpaired) electrons. The van der Waals surface area contributed by atoms with E-state index in [1.54, 1.807) is 0 Å². The summed E-state index contributed by atoms with van der Waals surface area (Å²) < 4.78 is 65.9. The summed E-state index contributed by atoms with van der Waals surface area (Å²) in [5.41, 5.74) is 5.65. The summed E-state index contributed by atoms with van der Waals surface area (Å²) >= 11 is 0. The van der Waals surface area contributed by atoms with Crippen LogP contribution in [0.15, 0.2) is 12.4 Å². The van der Waals surface area contributed by atoms with Crippen LogP contribution in [0.2, 0.25) is 0 Å². The molecular weight excluding hydrogens is 492 g/mol. The Kier molecular flexibility index (Phi) is 6.71. The minimum absolute atomic E-state index is 0.124. The Labute approximate surface area is 171 Å². The third kappa shape index (κ3) is 5.73. The summed E-state index contributed by atoms with van der Waals surface area (Å²) in [6.07, 6.45) is -1.62. The maximum atomic E-state index is 14.2. The van der Waals surface area contributed by atoms with Gasteiger partial charge in [-0.15, -0.1) is 0 Å². The summed E-state index contributed by atoms with van der Waals surface area (Å²) in [7, 11) is -16.6. The van der Waals surface area contributed by atoms with Crippen LogP contribution in [-0.4, -0.2) is 64.7 Å². The minimum atomic E-state index is -5.68. The van der Waals surface area contributed by atoms with Crippen LogP contribution in [0, 0.1) is 5.82 Å². The summed E-state index contributed by atoms with van der Waals surface area (Å²) in [5.74, 6) is -1.77. The molecule has 1 saturated heterocycles. The van der Waals surface area contributed by atoms with E-state index in [4.69, 9.17) is 25.2 Å². The number of hydrogen-bond acceptors (Lipinski definition) is 11. The van der Waals surface area contributed by atoms with Gasteiger partial charge in [0.2, 0.25) is 0 Å². The van der Waals surface area contributed by atoms with Crippen molar-refractivity contribution in [2.45, 2.75) is 18.1 Å². The average molecular weight is 508 g/mol. The van der Waals surface area contributed by atoms with Gasteiger partial charge >= 0.3 is 23.5 Å². The fourth-order valence-corrected chi connectivity index (χ4v) is 5.90. The predicted octanol–water partition coefficient (Wildman–Crippen LogP) is -0.363. The maximum Gasteiger partial charge on any atom is 0.490 e. The molecule has 20 heteroatoms. The lowest BCUT2D eigenvalue weighted by Gasteiger charge is -2.20. The van der Waals surface area contributed by atoms with E-state index in [1.807, 2.05) is 0 Å². The van der Waals surface area contributed by atoms with Gasteiger partial charge in [-0.05, 0) is 6.07 Å². The number of phosphoric ester groups is 1. The molecule has 3 unspecified atom stereocenters. The van der Waals surface area contributed by atoms with Crippen molar-refractivity contribution in [3.63, 3.8) is 0 Å². The van der Waals surface area contributed by atoms with Gasteiger partial charge in [-0.3, -0.25) is 4.52 Å². The molecule has 0 spiro atoms. The van der Waals surface area contributed by atoms with Gasteiger partial charge in [0.05, 0.1) is 30.9 Å². The van der Waals surface area contributed by atoms with Crippen molar-refractivity contribution >= 4 is 34.8 Å². The first-order chi connectivity index (χ1) is 14.2. The fraction of sp³-hybridized carbons (Fsp3) is 0.455. The molecule has 0 saturated carbocycles. The first-order valence-corrected chi connectivity index (χ1v) is 12.6. The number of anilines is 1. The molecule has 1 fully saturated rings. The van der Waals surface area contributed by atoms with E-state index in [-0.39, 0.29) is 23.6 Å². The topological polar surface area (TPSA) is 245 Å². The second kappa shape index (κ2) is 8.56. The zero-order valence-corrected chi connectivity index (χ0v) is 17.7. The minimum Gasteiger partial charge on any atom is -0.390 e. The molecular formula is C11H16FN4O12P3. The number of hydrogen-bond donors (Lipinski definition) is 6. The Bertz CT molecular complexity index is 1120. The molecule has 1 aliphatic rings. The van der Waals surface area contributed by atoms with Crippen LogP contribution in [0.5, 0.6) is 0 Å². The van der Waals surface area contributed by atoms with Crippen LogP contribution in [0.25, 0.3) is 5.52 Å². The molecule has 0 bridgehead atoms. The number of aliphatic hydroxyl groups is 1. The number of phosphoric acid groups is 3. The molecule has 3 rings (SSSR count). The van der Waals surface area contributed by atoms with Crippen molar-refractivity contribution in [3.05, 3.63) is 23.9 Å². The monoisotopic (exact) mass is 508 g/mol. The zero-order chi connectivity index (χ0) is 23.2. The zero-order valence-electron chi connectivity index (χ0n) is 15.0. The second-order valence-electron chi connectivity index (χ2n) is 6.18. The molecule has 0 aromatic carbocycles. The Morgan fingerprint density at radius 3 is 2.55 bits per heavy atom. The van der Waals surface area contributed by atoms with Gasteiger partial charge in [0.25, 0.3) is 0 Å². The quantitative estimate of drug-likeness (QED) is 0.249. The summed E-state index contributed by atoms with van der Waals surface area (Å²) in [5, 5.41) is 14.3. The first kappa shape index (κ1) is 24.3. The lowest BCUT2D eigenvalue weighted by atomic mass is 9.99. The van der Waals surface area contributed by atoms with Gasteiger partial charge in [-0.25, -0.2) is 27.6 Å². The molecule has 2 aromatic rings. The maximum absolute atomic E-state index is 14.2. The van der Waals surface area contributed by atoms with E-state index in [2.05, 4.69) is 23.2 Å². The lowest BCUT2D eigenvalue weighted by molar-refractivity contribution is 0.00278. The van der Waals surface area contributed by atoms with Crippen molar-refractivity contribution in [2.24, 2.45) is 0 Å². The van der Waals surface area contributed by atoms with Gasteiger partial charge in [-0.1, -0.05) is 0 Å². The molecule has 2 aromatic heterocycles. The Balaban J connectivity index is 1.68. The van der Waals surface area contributed by atoms with Crippen LogP contribution in [0.4, 0.5) is 10.2 Å². The van der Waals surface area contributed by atoms with Gasteiger partial charge in [-0.2, -0.15) is 13.7 Å². The van der Waals surface area contributed by atoms with Crippen molar-refractivity contribution < 1.29 is 60.6 Å². The van der Waals surface area contributed by atoms with Crippen molar-refractivity contribution in [3.8, 4) is 0 Å². The number of aliphatic hydroxyl groups excluding tert-OH is 1. The largest absolute Gasteiger partial charge is 0.490 e. The Hall–Kier alpha value is -1.32. The van der Waals surface area contributed by atoms with E-state index < -0.39 is 54.0 Å². The Morgan fingerprint density at radius 1 is 1.23 bits per heavy atom. The number of nitrogen functional groups attached to an aromatic ring is 1. The van der Waals surface area contributed by atoms with Gasteiger partial charge in [0, 0.05) is 0 Å². The van der Waals surface area contributed by atoms with Crippen LogP contribution in [-0.2, 0) is 31.6 Å². The molecule has 31 heavy (non-hydrogen) atoms. The van der Waals surface area contributed by atoms with E-state index in [0.29, 0.717) is 0 Å². The number of halogens is 1. The fourth-order valence-electron chi connectivity index (χ4n) is 2.87. The number of nitrogens with zero attached hydrogens (tertiary/aromatic N) is 3. The van der Waals surface area contributed by atoms with Crippen LogP contribution in [0.1, 0.15) is 11.6 Å². The molecule has 5 atom stereocenters. The van der Waals surface area contributed by atoms with Crippen molar-refractivity contribution in [1.82, 2.24) is 14.6 Å². The van der Waals surface area contributed by atoms with Crippen molar-refractivity contribution in [1.29, 1.82) is 0 Å². The third-order valence-corrected chi connectivity index (χ3v) is 7.85. The first-order valence-electron chi connectivity index (χ1n) is 8.05. The van der Waals surface area contributed by atoms with Crippen LogP contribution in [0.3, 0.4) is 0 Å². The van der Waals surface area contributed by atoms with Crippen LogP contribution >= 0.6 is 23.5 Å². The van der Waals surface area contributed by atoms with E-state index in [0.717, 1.165) is 16.9 Å². The number of ether oxygens (including phenoxy) is 1. The standard InChI is InChI=1S/C11H16FN4O12P3/c12-6-1-7(16-9(6)11(13)14-4-15-16)5-2-25-8(10(5)17)3-26-30(21,22)28-31(23,24)27-29(18,19)20/h1,4-5,8,10,17H,2-3H2,(H,21,22)(H,23,24)(H2,13,14,15)(H2,18,19,20)/t5?,8-,10+/m1/s1. The van der Waals surface area contributed by atoms with Gasteiger partial charge in [0.15, 0.2) is 11.6 Å². The molecule has 3 heterocycles. The highest BCUT2D eigenvalue weighted by molar-refractivity contribution is 7.66. The third-order valence-electron chi connectivity index (χ3n) is 4.04. The molecule has 0 amide bonds. The number of rotatable bonds is 8. The summed E-state index contributed by atoms with van der Waals surface area (Å²) in [6, 6.07) is 1.06. The lowest BCUT2D eigenvalue weighted by Crippen LogP contribution is -2.29. The van der Waals surface area contributed by atoms with Gasteiger partial charge < -0.3 is 35.2 Å². The molecule has 0 aliphatic carbocycles. The second-order valence-corrected chi connectivity index (χ2v) is 10.6. The normalized spacial score (nSPS) is 26.1. The smallest absolute Gasteiger partial charge is 0.390 e. The molecule has 7 N–H and O–H groups in total. The number of nitrogens with two attached hydrogens (primary N) is 1. The SMILES string of the molecule is Nc1ncnn2c(C3CO[C@H](COP(=O)(O)OP(=O)(O)OP(=O)(O)O)[C@H]3O)cc(F)c12. The van der Waals surface area contributed by atoms with E-state index in [1.165, 1.54) is 0 Å². The highest BCUT2D eigenvalue weighted by Crippen LogP contribution is 2.66. The summed E-state index contributed by atoms with van der Waals surface area (Å²) in [6.45, 7) is -1.05. The highest BCUT2D eigenvalue weighted by Gasteiger charge is 2.44. The summed E-state index contributed by atoms with van der Waals surface area (Å²) in [4.78, 5) is 39.2. The van der Waals surface area contributed by atoms with Crippen LogP contribution < -0.4 is 5.73 Å². The molecule has 174 valence electrons. The molecule has 16 nitrogen and oxygen atoms in total. The number of aromatic nitrogens is 3. The van der Waals surface area contributed by atoms with Gasteiger partial charge in [0.1, 0.15) is 17.9 Å². The average Bonchev–Trinajstić information content (AvgIpc) is 3.11. The number of fused-ring (bicyclic) bond motifs is 1. The van der Waals surface area contributed by atoms with E-state index in [9.17, 15) is 28.1 Å². The predicted molar refractivity (Wildman–Crippen MR) is 95.7 cm³/mol. The van der Waals surface area contributed by atoms with Crippen molar-refractivity contribution in [2.75, 3.05) is 18.9 Å². The molecule has 1 aliphatic heterocycles. The van der Waals surface area contributed by atoms with E-state index >= 15 is 0 Å². The highest BCUT2D eigenvalue weighted by atomic mass is 31.3. The Morgan fingerprint density at radius 2 is 1.90 bits per heavy atom.